The van der Waals surface area contributed by atoms with E-state index in [4.69, 9.17) is 0 Å². The molecule has 4 nitrogen and oxygen atoms in total. The van der Waals surface area contributed by atoms with Crippen LogP contribution >= 0.6 is 11.3 Å². The molecule has 0 spiro atoms. The van der Waals surface area contributed by atoms with Crippen molar-refractivity contribution in [3.05, 3.63) is 58.1 Å². The maximum absolute atomic E-state index is 12.6. The topological polar surface area (TPSA) is 36.4 Å². The number of thiophene rings is 1. The van der Waals surface area contributed by atoms with Gasteiger partial charge in [-0.25, -0.2) is 0 Å². The van der Waals surface area contributed by atoms with Gasteiger partial charge < -0.3 is 9.80 Å². The van der Waals surface area contributed by atoms with Gasteiger partial charge in [0.05, 0.1) is 11.7 Å². The lowest BCUT2D eigenvalue weighted by Crippen LogP contribution is -2.29. The van der Waals surface area contributed by atoms with E-state index in [-0.39, 0.29) is 11.9 Å². The minimum Gasteiger partial charge on any atom is -0.332 e. The predicted molar refractivity (Wildman–Crippen MR) is 98.7 cm³/mol. The van der Waals surface area contributed by atoms with Gasteiger partial charge in [-0.3, -0.25) is 9.78 Å². The Balaban J connectivity index is 1.74. The summed E-state index contributed by atoms with van der Waals surface area (Å²) in [6.45, 7) is 1.64. The second kappa shape index (κ2) is 7.73. The summed E-state index contributed by atoms with van der Waals surface area (Å²) in [5.41, 5.74) is 2.24. The highest BCUT2D eigenvalue weighted by Crippen LogP contribution is 2.32. The molecule has 3 heterocycles. The highest BCUT2D eigenvalue weighted by atomic mass is 32.1. The van der Waals surface area contributed by atoms with E-state index in [1.54, 1.807) is 17.4 Å². The van der Waals surface area contributed by atoms with E-state index >= 15 is 0 Å². The molecule has 0 aliphatic carbocycles. The molecule has 1 saturated heterocycles. The molecule has 5 heteroatoms. The second-order valence-corrected chi connectivity index (χ2v) is 7.34. The number of amides is 1. The third-order valence-corrected chi connectivity index (χ3v) is 5.01. The maximum atomic E-state index is 12.6. The second-order valence-electron chi connectivity index (χ2n) is 6.36. The molecular formula is C19H23N3OS. The predicted octanol–water partition coefficient (Wildman–Crippen LogP) is 3.58. The van der Waals surface area contributed by atoms with E-state index in [1.807, 2.05) is 54.8 Å². The summed E-state index contributed by atoms with van der Waals surface area (Å²) in [7, 11) is 4.07. The van der Waals surface area contributed by atoms with Crippen LogP contribution in [0, 0.1) is 0 Å². The van der Waals surface area contributed by atoms with Gasteiger partial charge in [-0.2, -0.15) is 0 Å². The number of hydrogen-bond acceptors (Lipinski definition) is 4. The van der Waals surface area contributed by atoms with E-state index in [0.29, 0.717) is 0 Å². The normalized spacial score (nSPS) is 18.0. The molecule has 1 amide bonds. The third-order valence-electron chi connectivity index (χ3n) is 4.17. The van der Waals surface area contributed by atoms with Crippen LogP contribution in [0.4, 0.5) is 0 Å². The molecule has 0 bridgehead atoms. The van der Waals surface area contributed by atoms with Crippen LogP contribution in [-0.4, -0.2) is 41.3 Å². The minimum atomic E-state index is 0.0943. The van der Waals surface area contributed by atoms with Crippen molar-refractivity contribution in [2.75, 3.05) is 20.6 Å². The van der Waals surface area contributed by atoms with Crippen molar-refractivity contribution in [1.82, 2.24) is 14.8 Å². The lowest BCUT2D eigenvalue weighted by molar-refractivity contribution is -0.126. The Morgan fingerprint density at radius 3 is 3.08 bits per heavy atom. The Labute approximate surface area is 147 Å². The first-order valence-corrected chi connectivity index (χ1v) is 9.13. The zero-order chi connectivity index (χ0) is 16.9. The number of carbonyl (C=O) groups is 1. The third kappa shape index (κ3) is 4.10. The average molecular weight is 341 g/mol. The number of likely N-dealkylation sites (tertiary alicyclic amines) is 1. The van der Waals surface area contributed by atoms with Crippen molar-refractivity contribution >= 4 is 23.3 Å². The van der Waals surface area contributed by atoms with Gasteiger partial charge in [0, 0.05) is 30.2 Å². The van der Waals surface area contributed by atoms with Gasteiger partial charge in [0.15, 0.2) is 0 Å². The number of rotatable bonds is 5. The van der Waals surface area contributed by atoms with Crippen LogP contribution in [0.5, 0.6) is 0 Å². The Kier molecular flexibility index (Phi) is 5.43. The van der Waals surface area contributed by atoms with Crippen molar-refractivity contribution in [3.63, 3.8) is 0 Å². The molecule has 0 N–H and O–H groups in total. The molecule has 0 aromatic carbocycles. The molecule has 1 aliphatic heterocycles. The van der Waals surface area contributed by atoms with Gasteiger partial charge in [-0.1, -0.05) is 6.07 Å². The molecule has 1 aliphatic rings. The van der Waals surface area contributed by atoms with Crippen LogP contribution in [0.15, 0.2) is 41.9 Å². The number of pyridine rings is 1. The quantitative estimate of drug-likeness (QED) is 0.780. The zero-order valence-electron chi connectivity index (χ0n) is 14.2. The molecule has 126 valence electrons. The van der Waals surface area contributed by atoms with Crippen molar-refractivity contribution in [2.45, 2.75) is 25.4 Å². The standard InChI is InChI=1S/C19H23N3OS/c1-21(2)14-16-13-15(9-10-20-16)18-6-3-11-22(18)19(23)8-7-17-5-4-12-24-17/h4-5,7-10,12-13,18H,3,6,11,14H2,1-2H3/b8-7+/t18-/m1/s1. The molecule has 2 aromatic rings. The molecule has 2 aromatic heterocycles. The van der Waals surface area contributed by atoms with Gasteiger partial charge >= 0.3 is 0 Å². The largest absolute Gasteiger partial charge is 0.332 e. The summed E-state index contributed by atoms with van der Waals surface area (Å²) in [6, 6.07) is 8.36. The Bertz CT molecular complexity index is 709. The Morgan fingerprint density at radius 2 is 2.33 bits per heavy atom. The number of hydrogen-bond donors (Lipinski definition) is 0. The minimum absolute atomic E-state index is 0.0943. The van der Waals surface area contributed by atoms with E-state index in [0.717, 1.165) is 36.5 Å². The van der Waals surface area contributed by atoms with Crippen molar-refractivity contribution in [3.8, 4) is 0 Å². The van der Waals surface area contributed by atoms with Crippen LogP contribution in [0.2, 0.25) is 0 Å². The van der Waals surface area contributed by atoms with E-state index < -0.39 is 0 Å². The summed E-state index contributed by atoms with van der Waals surface area (Å²) in [5.74, 6) is 0.0943. The first kappa shape index (κ1) is 16.9. The van der Waals surface area contributed by atoms with Gasteiger partial charge in [-0.05, 0) is 62.2 Å². The first-order chi connectivity index (χ1) is 11.6. The highest BCUT2D eigenvalue weighted by molar-refractivity contribution is 7.10. The van der Waals surface area contributed by atoms with Crippen molar-refractivity contribution < 1.29 is 4.79 Å². The van der Waals surface area contributed by atoms with Crippen LogP contribution in [0.1, 0.15) is 35.0 Å². The van der Waals surface area contributed by atoms with E-state index in [2.05, 4.69) is 16.0 Å². The van der Waals surface area contributed by atoms with E-state index in [9.17, 15) is 4.79 Å². The van der Waals surface area contributed by atoms with Crippen LogP contribution in [0.3, 0.4) is 0 Å². The summed E-state index contributed by atoms with van der Waals surface area (Å²) < 4.78 is 0. The molecule has 0 radical (unpaired) electrons. The zero-order valence-corrected chi connectivity index (χ0v) is 15.0. The summed E-state index contributed by atoms with van der Waals surface area (Å²) in [6.07, 6.45) is 7.54. The van der Waals surface area contributed by atoms with Gasteiger partial charge in [0.25, 0.3) is 0 Å². The summed E-state index contributed by atoms with van der Waals surface area (Å²) in [4.78, 5) is 22.2. The highest BCUT2D eigenvalue weighted by Gasteiger charge is 2.28. The number of carbonyl (C=O) groups excluding carboxylic acids is 1. The maximum Gasteiger partial charge on any atom is 0.247 e. The molecule has 0 saturated carbocycles. The molecule has 0 unspecified atom stereocenters. The van der Waals surface area contributed by atoms with E-state index in [1.165, 1.54) is 5.56 Å². The fourth-order valence-electron chi connectivity index (χ4n) is 3.13. The van der Waals surface area contributed by atoms with Gasteiger partial charge in [0.2, 0.25) is 5.91 Å². The molecule has 3 rings (SSSR count). The Morgan fingerprint density at radius 1 is 1.46 bits per heavy atom. The lowest BCUT2D eigenvalue weighted by atomic mass is 10.0. The first-order valence-electron chi connectivity index (χ1n) is 8.25. The Hall–Kier alpha value is -1.98. The lowest BCUT2D eigenvalue weighted by Gasteiger charge is -2.24. The number of nitrogens with zero attached hydrogens (tertiary/aromatic N) is 3. The monoisotopic (exact) mass is 341 g/mol. The van der Waals surface area contributed by atoms with Crippen LogP contribution < -0.4 is 0 Å². The fraction of sp³-hybridized carbons (Fsp3) is 0.368. The number of aromatic nitrogens is 1. The SMILES string of the molecule is CN(C)Cc1cc([C@H]2CCCN2C(=O)/C=C/c2cccs2)ccn1. The van der Waals surface area contributed by atoms with Gasteiger partial charge in [-0.15, -0.1) is 11.3 Å². The summed E-state index contributed by atoms with van der Waals surface area (Å²) >= 11 is 1.64. The van der Waals surface area contributed by atoms with Crippen LogP contribution in [0.25, 0.3) is 6.08 Å². The fourth-order valence-corrected chi connectivity index (χ4v) is 3.74. The molecule has 1 fully saturated rings. The molecule has 24 heavy (non-hydrogen) atoms. The van der Waals surface area contributed by atoms with Crippen LogP contribution in [-0.2, 0) is 11.3 Å². The molecular weight excluding hydrogens is 318 g/mol. The summed E-state index contributed by atoms with van der Waals surface area (Å²) in [5, 5.41) is 2.02. The van der Waals surface area contributed by atoms with Crippen molar-refractivity contribution in [2.24, 2.45) is 0 Å². The smallest absolute Gasteiger partial charge is 0.247 e. The average Bonchev–Trinajstić information content (AvgIpc) is 3.23. The van der Waals surface area contributed by atoms with Gasteiger partial charge in [0.1, 0.15) is 0 Å². The molecule has 1 atom stereocenters. The van der Waals surface area contributed by atoms with Crippen molar-refractivity contribution in [1.29, 1.82) is 0 Å².